The Morgan fingerprint density at radius 3 is 3.00 bits per heavy atom. The third-order valence-electron chi connectivity index (χ3n) is 2.19. The van der Waals surface area contributed by atoms with Gasteiger partial charge in [-0.2, -0.15) is 0 Å². The van der Waals surface area contributed by atoms with Gasteiger partial charge in [0.05, 0.1) is 6.04 Å². The van der Waals surface area contributed by atoms with Crippen LogP contribution in [0.25, 0.3) is 0 Å². The van der Waals surface area contributed by atoms with Crippen LogP contribution in [0.1, 0.15) is 19.8 Å². The van der Waals surface area contributed by atoms with Gasteiger partial charge in [-0.15, -0.1) is 0 Å². The molecule has 5 nitrogen and oxygen atoms in total. The number of carbonyl (C=O) groups excluding carboxylic acids is 1. The van der Waals surface area contributed by atoms with Crippen LogP contribution in [-0.2, 0) is 9.59 Å². The SMILES string of the molecule is [2H]N[C@H](C)C(=O)N1CCC[C@H]1C(=O)O. The quantitative estimate of drug-likeness (QED) is 0.618. The highest BCUT2D eigenvalue weighted by Crippen LogP contribution is 2.17. The van der Waals surface area contributed by atoms with Gasteiger partial charge in [0.2, 0.25) is 5.91 Å². The summed E-state index contributed by atoms with van der Waals surface area (Å²) in [4.78, 5) is 23.7. The summed E-state index contributed by atoms with van der Waals surface area (Å²) < 4.78 is 6.83. The number of amides is 1. The van der Waals surface area contributed by atoms with E-state index in [9.17, 15) is 9.59 Å². The third kappa shape index (κ3) is 1.98. The number of rotatable bonds is 3. The maximum atomic E-state index is 11.6. The van der Waals surface area contributed by atoms with Gasteiger partial charge in [-0.05, 0) is 19.8 Å². The van der Waals surface area contributed by atoms with Crippen LogP contribution in [0, 0.1) is 0 Å². The minimum Gasteiger partial charge on any atom is -0.480 e. The molecule has 3 N–H and O–H groups in total. The monoisotopic (exact) mass is 187 g/mol. The first-order chi connectivity index (χ1) is 6.57. The second kappa shape index (κ2) is 3.74. The van der Waals surface area contributed by atoms with Gasteiger partial charge in [0, 0.05) is 6.54 Å². The number of carboxylic acids is 1. The summed E-state index contributed by atoms with van der Waals surface area (Å²) in [5.74, 6) is -1.28. The van der Waals surface area contributed by atoms with Crippen molar-refractivity contribution in [3.05, 3.63) is 0 Å². The summed E-state index contributed by atoms with van der Waals surface area (Å²) in [6.07, 6.45) is 1.22. The molecule has 1 aliphatic rings. The van der Waals surface area contributed by atoms with Crippen LogP contribution in [0.5, 0.6) is 0 Å². The normalized spacial score (nSPS) is 25.5. The fourth-order valence-corrected chi connectivity index (χ4v) is 1.54. The van der Waals surface area contributed by atoms with Gasteiger partial charge in [-0.1, -0.05) is 0 Å². The lowest BCUT2D eigenvalue weighted by molar-refractivity contribution is -0.148. The van der Waals surface area contributed by atoms with Gasteiger partial charge in [-0.25, -0.2) is 4.79 Å². The lowest BCUT2D eigenvalue weighted by Crippen LogP contribution is -2.47. The Bertz CT molecular complexity index is 247. The largest absolute Gasteiger partial charge is 0.480 e. The number of aliphatic carboxylic acids is 1. The molecule has 2 atom stereocenters. The molecule has 1 saturated heterocycles. The van der Waals surface area contributed by atoms with E-state index in [1.165, 1.54) is 4.90 Å². The molecule has 0 aromatic carbocycles. The van der Waals surface area contributed by atoms with E-state index in [-0.39, 0.29) is 5.91 Å². The fourth-order valence-electron chi connectivity index (χ4n) is 1.54. The Morgan fingerprint density at radius 1 is 1.77 bits per heavy atom. The number of carbonyl (C=O) groups is 2. The molecule has 1 rings (SSSR count). The summed E-state index contributed by atoms with van der Waals surface area (Å²) in [6.45, 7) is 2.02. The Hall–Kier alpha value is -1.10. The number of likely N-dealkylation sites (tertiary alicyclic amines) is 1. The second-order valence-electron chi connectivity index (χ2n) is 3.25. The average Bonchev–Trinajstić information content (AvgIpc) is 2.63. The summed E-state index contributed by atoms with van der Waals surface area (Å²) in [7, 11) is 0. The standard InChI is InChI=1S/C8H14N2O3/c1-5(9)7(11)10-4-2-3-6(10)8(12)13/h5-6H,2-4,9H2,1H3,(H,12,13)/t5-,6+/m1/s1/i/hD. The molecule has 1 aliphatic heterocycles. The molecule has 1 amide bonds. The maximum Gasteiger partial charge on any atom is 0.326 e. The van der Waals surface area contributed by atoms with Crippen molar-refractivity contribution in [2.24, 2.45) is 5.73 Å². The maximum absolute atomic E-state index is 11.6. The Balaban J connectivity index is 2.67. The molecule has 0 radical (unpaired) electrons. The minimum absolute atomic E-state index is 0.315. The molecular weight excluding hydrogens is 172 g/mol. The van der Waals surface area contributed by atoms with Crippen molar-refractivity contribution in [2.75, 3.05) is 6.54 Å². The second-order valence-corrected chi connectivity index (χ2v) is 3.25. The summed E-state index contributed by atoms with van der Waals surface area (Å²) >= 11 is 0. The molecule has 0 aliphatic carbocycles. The molecule has 5 heteroatoms. The van der Waals surface area contributed by atoms with Crippen LogP contribution < -0.4 is 5.73 Å². The van der Waals surface area contributed by atoms with Crippen molar-refractivity contribution in [2.45, 2.75) is 31.8 Å². The molecular formula is C8H14N2O3. The van der Waals surface area contributed by atoms with E-state index in [2.05, 4.69) is 5.73 Å². The molecule has 1 heterocycles. The summed E-state index contributed by atoms with van der Waals surface area (Å²) in [5, 5.41) is 8.83. The predicted octanol–water partition coefficient (Wildman–Crippen LogP) is -0.591. The lowest BCUT2D eigenvalue weighted by atomic mass is 10.2. The van der Waals surface area contributed by atoms with E-state index in [1.807, 2.05) is 0 Å². The molecule has 0 unspecified atom stereocenters. The van der Waals surface area contributed by atoms with Crippen molar-refractivity contribution in [3.8, 4) is 0 Å². The van der Waals surface area contributed by atoms with Gasteiger partial charge in [0.25, 0.3) is 0 Å². The molecule has 0 saturated carbocycles. The third-order valence-corrected chi connectivity index (χ3v) is 2.19. The highest BCUT2D eigenvalue weighted by atomic mass is 16.4. The van der Waals surface area contributed by atoms with Crippen LogP contribution in [0.4, 0.5) is 0 Å². The molecule has 0 aromatic rings. The van der Waals surface area contributed by atoms with Crippen molar-refractivity contribution in [3.63, 3.8) is 0 Å². The smallest absolute Gasteiger partial charge is 0.326 e. The van der Waals surface area contributed by atoms with E-state index in [4.69, 9.17) is 6.52 Å². The molecule has 13 heavy (non-hydrogen) atoms. The van der Waals surface area contributed by atoms with Crippen LogP contribution >= 0.6 is 0 Å². The Kier molecular flexibility index (Phi) is 2.44. The number of nitrogens with zero attached hydrogens (tertiary/aromatic N) is 1. The molecule has 1 fully saturated rings. The van der Waals surface area contributed by atoms with Crippen molar-refractivity contribution in [1.82, 2.24) is 4.90 Å². The molecule has 74 valence electrons. The number of hydrogen-bond donors (Lipinski definition) is 2. The van der Waals surface area contributed by atoms with Crippen LogP contribution in [-0.4, -0.2) is 40.5 Å². The Morgan fingerprint density at radius 2 is 2.46 bits per heavy atom. The first-order valence-corrected chi connectivity index (χ1v) is 4.28. The van der Waals surface area contributed by atoms with E-state index in [0.29, 0.717) is 19.4 Å². The van der Waals surface area contributed by atoms with E-state index >= 15 is 0 Å². The number of hydrogen-bond acceptors (Lipinski definition) is 3. The van der Waals surface area contributed by atoms with Crippen LogP contribution in [0.15, 0.2) is 0 Å². The van der Waals surface area contributed by atoms with Gasteiger partial charge in [0.15, 0.2) is 0 Å². The van der Waals surface area contributed by atoms with Gasteiger partial charge >= 0.3 is 5.97 Å². The average molecular weight is 187 g/mol. The van der Waals surface area contributed by atoms with E-state index < -0.39 is 18.1 Å². The Labute approximate surface area is 78.0 Å². The van der Waals surface area contributed by atoms with E-state index in [0.717, 1.165) is 0 Å². The zero-order valence-electron chi connectivity index (χ0n) is 8.49. The van der Waals surface area contributed by atoms with Gasteiger partial charge in [0.1, 0.15) is 7.45 Å². The molecule has 0 aromatic heterocycles. The molecule has 0 spiro atoms. The zero-order chi connectivity index (χ0) is 10.7. The molecule has 0 bridgehead atoms. The highest BCUT2D eigenvalue weighted by molar-refractivity contribution is 5.87. The first-order valence-electron chi connectivity index (χ1n) is 4.78. The zero-order valence-corrected chi connectivity index (χ0v) is 7.49. The summed E-state index contributed by atoms with van der Waals surface area (Å²) in [6, 6.07) is -1.35. The van der Waals surface area contributed by atoms with Crippen molar-refractivity contribution in [1.29, 1.82) is 0 Å². The fraction of sp³-hybridized carbons (Fsp3) is 0.750. The van der Waals surface area contributed by atoms with Gasteiger partial charge < -0.3 is 15.7 Å². The number of carboxylic acid groups (broad SMARTS) is 1. The van der Waals surface area contributed by atoms with Gasteiger partial charge in [-0.3, -0.25) is 4.79 Å². The first kappa shape index (κ1) is 8.50. The van der Waals surface area contributed by atoms with Crippen LogP contribution in [0.3, 0.4) is 0 Å². The number of nitrogens with two attached hydrogens (primary N) is 1. The topological polar surface area (TPSA) is 83.6 Å². The highest BCUT2D eigenvalue weighted by Gasteiger charge is 2.34. The van der Waals surface area contributed by atoms with Crippen LogP contribution in [0.2, 0.25) is 1.41 Å². The van der Waals surface area contributed by atoms with E-state index in [1.54, 1.807) is 6.92 Å². The summed E-state index contributed by atoms with van der Waals surface area (Å²) in [5.41, 5.74) is 2.07. The lowest BCUT2D eigenvalue weighted by Gasteiger charge is -2.22. The van der Waals surface area contributed by atoms with Crippen molar-refractivity contribution >= 4 is 11.9 Å². The van der Waals surface area contributed by atoms with Crippen molar-refractivity contribution < 1.29 is 16.1 Å². The predicted molar refractivity (Wildman–Crippen MR) is 46.0 cm³/mol. The minimum atomic E-state index is -0.965.